The number of fused-ring (bicyclic) bond motifs is 1. The van der Waals surface area contributed by atoms with Gasteiger partial charge in [0.1, 0.15) is 5.82 Å². The summed E-state index contributed by atoms with van der Waals surface area (Å²) in [6.45, 7) is 3.51. The van der Waals surface area contributed by atoms with E-state index in [-0.39, 0.29) is 29.4 Å². The van der Waals surface area contributed by atoms with Crippen molar-refractivity contribution in [1.29, 1.82) is 0 Å². The van der Waals surface area contributed by atoms with E-state index < -0.39 is 5.82 Å². The van der Waals surface area contributed by atoms with Crippen molar-refractivity contribution in [1.82, 2.24) is 20.0 Å². The van der Waals surface area contributed by atoms with Crippen LogP contribution in [-0.2, 0) is 6.42 Å². The highest BCUT2D eigenvalue weighted by Gasteiger charge is 2.33. The van der Waals surface area contributed by atoms with Gasteiger partial charge in [0.15, 0.2) is 0 Å². The van der Waals surface area contributed by atoms with Gasteiger partial charge in [0.25, 0.3) is 11.5 Å². The van der Waals surface area contributed by atoms with Crippen LogP contribution in [0.4, 0.5) is 4.39 Å². The van der Waals surface area contributed by atoms with Crippen molar-refractivity contribution in [2.24, 2.45) is 0 Å². The highest BCUT2D eigenvalue weighted by molar-refractivity contribution is 5.95. The Kier molecular flexibility index (Phi) is 6.07. The van der Waals surface area contributed by atoms with Gasteiger partial charge in [-0.3, -0.25) is 14.5 Å². The van der Waals surface area contributed by atoms with Crippen molar-refractivity contribution in [3.05, 3.63) is 75.5 Å². The molecule has 1 atom stereocenters. The van der Waals surface area contributed by atoms with Crippen LogP contribution in [0.1, 0.15) is 34.5 Å². The molecule has 3 aromatic rings. The number of hydrogen-bond donors (Lipinski definition) is 1. The van der Waals surface area contributed by atoms with E-state index >= 15 is 0 Å². The third-order valence-electron chi connectivity index (χ3n) is 6.27. The Hall–Kier alpha value is -2.77. The van der Waals surface area contributed by atoms with Crippen LogP contribution in [0.5, 0.6) is 0 Å². The quantitative estimate of drug-likeness (QED) is 0.674. The first-order valence-corrected chi connectivity index (χ1v) is 10.4. The fourth-order valence-electron chi connectivity index (χ4n) is 4.45. The van der Waals surface area contributed by atoms with Gasteiger partial charge in [-0.15, -0.1) is 12.4 Å². The van der Waals surface area contributed by atoms with Crippen LogP contribution < -0.4 is 5.56 Å². The average Bonchev–Trinajstić information content (AvgIpc) is 3.19. The maximum atomic E-state index is 14.5. The van der Waals surface area contributed by atoms with Crippen LogP contribution in [0.25, 0.3) is 10.8 Å². The second kappa shape index (κ2) is 8.77. The molecule has 0 radical (unpaired) electrons. The number of amides is 1. The summed E-state index contributed by atoms with van der Waals surface area (Å²) in [5.41, 5.74) is 1.33. The Morgan fingerprint density at radius 3 is 2.65 bits per heavy atom. The molecule has 31 heavy (non-hydrogen) atoms. The lowest BCUT2D eigenvalue weighted by atomic mass is 10.0. The molecule has 8 heteroatoms. The first-order chi connectivity index (χ1) is 14.6. The summed E-state index contributed by atoms with van der Waals surface area (Å²) in [6.07, 6.45) is 2.56. The molecular weight excluding hydrogens is 419 g/mol. The van der Waals surface area contributed by atoms with E-state index in [1.54, 1.807) is 29.2 Å². The minimum Gasteiger partial charge on any atom is -0.337 e. The number of aromatic amines is 1. The molecule has 5 rings (SSSR count). The molecule has 2 aromatic carbocycles. The molecule has 0 saturated carbocycles. The molecule has 1 unspecified atom stereocenters. The zero-order chi connectivity index (χ0) is 20.7. The lowest BCUT2D eigenvalue weighted by Gasteiger charge is -2.36. The summed E-state index contributed by atoms with van der Waals surface area (Å²) in [6, 6.07) is 12.3. The predicted octanol–water partition coefficient (Wildman–Crippen LogP) is 3.00. The first kappa shape index (κ1) is 21.5. The summed E-state index contributed by atoms with van der Waals surface area (Å²) in [4.78, 5) is 29.2. The molecule has 0 aliphatic carbocycles. The fraction of sp³-hybridized carbons (Fsp3) is 0.348. The van der Waals surface area contributed by atoms with E-state index in [0.717, 1.165) is 30.5 Å². The van der Waals surface area contributed by atoms with Crippen molar-refractivity contribution in [3.63, 3.8) is 0 Å². The van der Waals surface area contributed by atoms with E-state index in [9.17, 15) is 14.0 Å². The Bertz CT molecular complexity index is 1180. The van der Waals surface area contributed by atoms with Crippen LogP contribution in [0, 0.1) is 5.82 Å². The molecule has 2 aliphatic rings. The van der Waals surface area contributed by atoms with Gasteiger partial charge in [0, 0.05) is 30.9 Å². The number of likely N-dealkylation sites (tertiary alicyclic amines) is 2. The summed E-state index contributed by atoms with van der Waals surface area (Å²) >= 11 is 0. The summed E-state index contributed by atoms with van der Waals surface area (Å²) < 4.78 is 14.5. The predicted molar refractivity (Wildman–Crippen MR) is 119 cm³/mol. The van der Waals surface area contributed by atoms with Crippen LogP contribution >= 0.6 is 12.4 Å². The molecule has 2 saturated heterocycles. The van der Waals surface area contributed by atoms with Gasteiger partial charge in [0.05, 0.1) is 16.6 Å². The lowest BCUT2D eigenvalue weighted by Crippen LogP contribution is -2.46. The van der Waals surface area contributed by atoms with Gasteiger partial charge in [0.2, 0.25) is 0 Å². The molecular formula is C23H24ClFN4O2. The van der Waals surface area contributed by atoms with E-state index in [4.69, 9.17) is 0 Å². The number of benzene rings is 2. The van der Waals surface area contributed by atoms with Crippen molar-refractivity contribution >= 4 is 29.1 Å². The lowest BCUT2D eigenvalue weighted by molar-refractivity contribution is 0.0747. The Labute approximate surface area is 185 Å². The molecule has 2 fully saturated rings. The number of hydrogen-bond acceptors (Lipinski definition) is 4. The number of nitrogens with zero attached hydrogens (tertiary/aromatic N) is 3. The minimum atomic E-state index is -0.504. The third kappa shape index (κ3) is 4.07. The van der Waals surface area contributed by atoms with Crippen LogP contribution in [0.15, 0.2) is 47.3 Å². The molecule has 6 nitrogen and oxygen atoms in total. The van der Waals surface area contributed by atoms with Crippen molar-refractivity contribution in [3.8, 4) is 0 Å². The fourth-order valence-corrected chi connectivity index (χ4v) is 4.45. The molecule has 162 valence electrons. The van der Waals surface area contributed by atoms with Gasteiger partial charge in [-0.25, -0.2) is 9.49 Å². The largest absolute Gasteiger partial charge is 0.337 e. The monoisotopic (exact) mass is 442 g/mol. The highest BCUT2D eigenvalue weighted by Crippen LogP contribution is 2.24. The molecule has 3 heterocycles. The number of H-pyrrole nitrogens is 1. The molecule has 0 spiro atoms. The normalized spacial score (nSPS) is 18.6. The second-order valence-corrected chi connectivity index (χ2v) is 8.12. The van der Waals surface area contributed by atoms with Crippen molar-refractivity contribution in [2.75, 3.05) is 26.2 Å². The first-order valence-electron chi connectivity index (χ1n) is 10.4. The van der Waals surface area contributed by atoms with Gasteiger partial charge in [-0.2, -0.15) is 5.10 Å². The van der Waals surface area contributed by atoms with Gasteiger partial charge >= 0.3 is 0 Å². The molecule has 1 aromatic heterocycles. The molecule has 1 amide bonds. The smallest absolute Gasteiger partial charge is 0.272 e. The SMILES string of the molecule is Cl.O=C(c1cc(Cc2n[nH]c(=O)c3ccccc23)ccc1F)N1CCC(N2CCC2)C1. The summed E-state index contributed by atoms with van der Waals surface area (Å²) in [5, 5.41) is 8.04. The zero-order valence-corrected chi connectivity index (χ0v) is 17.8. The Morgan fingerprint density at radius 1 is 1.13 bits per heavy atom. The van der Waals surface area contributed by atoms with Crippen LogP contribution in [-0.4, -0.2) is 58.1 Å². The van der Waals surface area contributed by atoms with Gasteiger partial charge in [-0.05, 0) is 49.7 Å². The number of carbonyl (C=O) groups excluding carboxylic acids is 1. The maximum absolute atomic E-state index is 14.5. The standard InChI is InChI=1S/C23H23FN4O2.ClH/c24-20-7-6-15(13-21-17-4-1-2-5-18(17)22(29)26-25-21)12-19(20)23(30)28-11-8-16(14-28)27-9-3-10-27;/h1-2,4-7,12,16H,3,8-11,13-14H2,(H,26,29);1H. The topological polar surface area (TPSA) is 69.3 Å². The summed E-state index contributed by atoms with van der Waals surface area (Å²) in [7, 11) is 0. The van der Waals surface area contributed by atoms with Crippen LogP contribution in [0.2, 0.25) is 0 Å². The second-order valence-electron chi connectivity index (χ2n) is 8.12. The third-order valence-corrected chi connectivity index (χ3v) is 6.27. The number of halogens is 2. The number of rotatable bonds is 4. The van der Waals surface area contributed by atoms with Gasteiger partial charge in [-0.1, -0.05) is 24.3 Å². The van der Waals surface area contributed by atoms with Crippen LogP contribution in [0.3, 0.4) is 0 Å². The molecule has 2 aliphatic heterocycles. The maximum Gasteiger partial charge on any atom is 0.272 e. The average molecular weight is 443 g/mol. The van der Waals surface area contributed by atoms with E-state index in [2.05, 4.69) is 15.1 Å². The zero-order valence-electron chi connectivity index (χ0n) is 17.0. The van der Waals surface area contributed by atoms with Crippen molar-refractivity contribution in [2.45, 2.75) is 25.3 Å². The van der Waals surface area contributed by atoms with Gasteiger partial charge < -0.3 is 4.90 Å². The van der Waals surface area contributed by atoms with Crippen molar-refractivity contribution < 1.29 is 9.18 Å². The van der Waals surface area contributed by atoms with E-state index in [1.165, 1.54) is 12.5 Å². The number of carbonyl (C=O) groups is 1. The Balaban J connectivity index is 0.00000231. The number of aromatic nitrogens is 2. The minimum absolute atomic E-state index is 0. The molecule has 1 N–H and O–H groups in total. The van der Waals surface area contributed by atoms with E-state index in [0.29, 0.717) is 36.6 Å². The summed E-state index contributed by atoms with van der Waals surface area (Å²) in [5.74, 6) is -0.757. The molecule has 0 bridgehead atoms. The Morgan fingerprint density at radius 2 is 1.90 bits per heavy atom. The van der Waals surface area contributed by atoms with E-state index in [1.807, 2.05) is 12.1 Å². The highest BCUT2D eigenvalue weighted by atomic mass is 35.5. The number of nitrogens with one attached hydrogen (secondary N) is 1.